The third kappa shape index (κ3) is 9.44. The maximum atomic E-state index is 12.7. The Bertz CT molecular complexity index is 1840. The van der Waals surface area contributed by atoms with E-state index < -0.39 is 12.4 Å². The minimum atomic E-state index is -0.651. The normalized spacial score (nSPS) is 19.8. The third-order valence-corrected chi connectivity index (χ3v) is 9.68. The third-order valence-electron chi connectivity index (χ3n) is 9.68. The lowest BCUT2D eigenvalue weighted by Crippen LogP contribution is -2.46. The molecule has 270 valence electrons. The largest absolute Gasteiger partial charge is 0.457 e. The zero-order chi connectivity index (χ0) is 36.5. The minimum Gasteiger partial charge on any atom is -0.457 e. The maximum Gasteiger partial charge on any atom is 0.319 e. The van der Waals surface area contributed by atoms with Gasteiger partial charge in [-0.15, -0.1) is 0 Å². The van der Waals surface area contributed by atoms with Crippen molar-refractivity contribution in [2.24, 2.45) is 5.92 Å². The molecule has 1 aliphatic rings. The van der Waals surface area contributed by atoms with E-state index in [2.05, 4.69) is 22.5 Å². The molecule has 2 amide bonds. The summed E-state index contributed by atoms with van der Waals surface area (Å²) in [6.07, 6.45) is -1.75. The van der Waals surface area contributed by atoms with Gasteiger partial charge in [-0.3, -0.25) is 4.90 Å². The van der Waals surface area contributed by atoms with Crippen LogP contribution < -0.4 is 15.4 Å². The van der Waals surface area contributed by atoms with Crippen LogP contribution in [-0.4, -0.2) is 46.9 Å². The number of hydrogen-bond donors (Lipinski definition) is 4. The summed E-state index contributed by atoms with van der Waals surface area (Å²) in [6, 6.07) is 41.7. The quantitative estimate of drug-likeness (QED) is 0.0981. The molecular formula is C43H47N3O6. The van der Waals surface area contributed by atoms with Crippen LogP contribution in [0.3, 0.4) is 0 Å². The summed E-state index contributed by atoms with van der Waals surface area (Å²) < 4.78 is 19.1. The van der Waals surface area contributed by atoms with E-state index in [1.54, 1.807) is 12.1 Å². The van der Waals surface area contributed by atoms with Crippen molar-refractivity contribution in [3.63, 3.8) is 0 Å². The number of nitrogens with zero attached hydrogens (tertiary/aromatic N) is 1. The Morgan fingerprint density at radius 2 is 1.38 bits per heavy atom. The zero-order valence-corrected chi connectivity index (χ0v) is 29.8. The predicted molar refractivity (Wildman–Crippen MR) is 202 cm³/mol. The molecule has 0 unspecified atom stereocenters. The van der Waals surface area contributed by atoms with Crippen molar-refractivity contribution in [3.8, 4) is 11.5 Å². The van der Waals surface area contributed by atoms with E-state index in [4.69, 9.17) is 14.2 Å². The smallest absolute Gasteiger partial charge is 0.319 e. The molecule has 0 radical (unpaired) electrons. The van der Waals surface area contributed by atoms with Crippen LogP contribution in [0.15, 0.2) is 133 Å². The highest BCUT2D eigenvalue weighted by Crippen LogP contribution is 2.42. The summed E-state index contributed by atoms with van der Waals surface area (Å²) >= 11 is 0. The summed E-state index contributed by atoms with van der Waals surface area (Å²) in [5.74, 6) is 1.42. The van der Waals surface area contributed by atoms with Crippen LogP contribution in [0.25, 0.3) is 0 Å². The molecule has 9 heteroatoms. The van der Waals surface area contributed by atoms with Crippen molar-refractivity contribution in [2.45, 2.75) is 57.6 Å². The molecule has 6 rings (SSSR count). The Balaban J connectivity index is 1.09. The minimum absolute atomic E-state index is 0.00526. The van der Waals surface area contributed by atoms with Gasteiger partial charge in [-0.05, 0) is 72.6 Å². The molecule has 9 nitrogen and oxygen atoms in total. The number of carbonyl (C=O) groups is 1. The molecule has 6 atom stereocenters. The summed E-state index contributed by atoms with van der Waals surface area (Å²) in [7, 11) is 2.01. The number of aliphatic hydroxyl groups excluding tert-OH is 2. The van der Waals surface area contributed by atoms with Crippen molar-refractivity contribution >= 4 is 11.7 Å². The average molecular weight is 702 g/mol. The van der Waals surface area contributed by atoms with E-state index in [0.717, 1.165) is 33.6 Å². The standard InChI is InChI=1S/C43H47N3O6/c1-29-39(27-46(3)30(2)40(48)33-10-6-4-7-11-33)51-42(52-41(29)34-18-16-32(28-47)17-19-34)35-20-14-31(15-21-35)26-44-43(49)45-36-22-24-38(25-23-36)50-37-12-8-5-9-13-37/h4-25,29-30,39-42,47-48H,26-28H2,1-3H3,(H2,44,45,49)/t29-,30-,39+,40-,41+,42+/m1/s1. The van der Waals surface area contributed by atoms with Gasteiger partial charge in [0.1, 0.15) is 11.5 Å². The van der Waals surface area contributed by atoms with E-state index in [9.17, 15) is 15.0 Å². The first-order valence-electron chi connectivity index (χ1n) is 17.7. The number of aliphatic hydroxyl groups is 2. The predicted octanol–water partition coefficient (Wildman–Crippen LogP) is 8.14. The van der Waals surface area contributed by atoms with Crippen LogP contribution in [0.2, 0.25) is 0 Å². The van der Waals surface area contributed by atoms with Crippen LogP contribution in [0.5, 0.6) is 11.5 Å². The van der Waals surface area contributed by atoms with Gasteiger partial charge < -0.3 is 35.1 Å². The highest BCUT2D eigenvalue weighted by atomic mass is 16.7. The van der Waals surface area contributed by atoms with E-state index >= 15 is 0 Å². The molecule has 0 saturated carbocycles. The van der Waals surface area contributed by atoms with Crippen molar-refractivity contribution in [2.75, 3.05) is 18.9 Å². The second-order valence-corrected chi connectivity index (χ2v) is 13.3. The topological polar surface area (TPSA) is 113 Å². The number of anilines is 1. The molecule has 0 aliphatic carbocycles. The lowest BCUT2D eigenvalue weighted by atomic mass is 9.89. The van der Waals surface area contributed by atoms with E-state index in [1.165, 1.54) is 0 Å². The van der Waals surface area contributed by atoms with E-state index in [0.29, 0.717) is 24.5 Å². The van der Waals surface area contributed by atoms with E-state index in [-0.39, 0.29) is 36.8 Å². The van der Waals surface area contributed by atoms with Gasteiger partial charge in [0, 0.05) is 36.3 Å². The summed E-state index contributed by atoms with van der Waals surface area (Å²) in [6.45, 7) is 5.04. The molecule has 0 aromatic heterocycles. The number of ether oxygens (including phenoxy) is 3. The van der Waals surface area contributed by atoms with Crippen molar-refractivity contribution < 1.29 is 29.2 Å². The average Bonchev–Trinajstić information content (AvgIpc) is 3.19. The van der Waals surface area contributed by atoms with Gasteiger partial charge in [-0.1, -0.05) is 104 Å². The lowest BCUT2D eigenvalue weighted by molar-refractivity contribution is -0.276. The first-order valence-corrected chi connectivity index (χ1v) is 17.7. The summed E-state index contributed by atoms with van der Waals surface area (Å²) in [4.78, 5) is 14.8. The number of nitrogens with one attached hydrogen (secondary N) is 2. The second-order valence-electron chi connectivity index (χ2n) is 13.3. The Hall–Kier alpha value is -5.03. The first kappa shape index (κ1) is 36.8. The van der Waals surface area contributed by atoms with Gasteiger partial charge >= 0.3 is 6.03 Å². The SMILES string of the molecule is C[C@@H]1[C@H](CN(C)[C@H](C)[C@@H](O)c2ccccc2)O[C@H](c2ccc(CNC(=O)Nc3ccc(Oc4ccccc4)cc3)cc2)O[C@@H]1c1ccc(CO)cc1. The van der Waals surface area contributed by atoms with Crippen LogP contribution in [0.4, 0.5) is 10.5 Å². The number of rotatable bonds is 13. The van der Waals surface area contributed by atoms with Crippen molar-refractivity contribution in [1.82, 2.24) is 10.2 Å². The summed E-state index contributed by atoms with van der Waals surface area (Å²) in [5, 5.41) is 26.5. The molecule has 1 aliphatic heterocycles. The molecule has 4 N–H and O–H groups in total. The molecule has 5 aromatic carbocycles. The molecule has 0 spiro atoms. The Morgan fingerprint density at radius 1 is 0.788 bits per heavy atom. The number of para-hydroxylation sites is 1. The Morgan fingerprint density at radius 3 is 2.04 bits per heavy atom. The fourth-order valence-electron chi connectivity index (χ4n) is 6.33. The second kappa shape index (κ2) is 17.5. The molecule has 0 bridgehead atoms. The number of amides is 2. The molecular weight excluding hydrogens is 654 g/mol. The van der Waals surface area contributed by atoms with Crippen molar-refractivity contribution in [1.29, 1.82) is 0 Å². The lowest BCUT2D eigenvalue weighted by Gasteiger charge is -2.43. The summed E-state index contributed by atoms with van der Waals surface area (Å²) in [5.41, 5.74) is 5.15. The van der Waals surface area contributed by atoms with Gasteiger partial charge in [0.25, 0.3) is 0 Å². The number of carbonyl (C=O) groups excluding carboxylic acids is 1. The van der Waals surface area contributed by atoms with Crippen LogP contribution in [-0.2, 0) is 22.6 Å². The molecule has 5 aromatic rings. The number of likely N-dealkylation sites (N-methyl/N-ethyl adjacent to an activating group) is 1. The monoisotopic (exact) mass is 701 g/mol. The molecule has 1 heterocycles. The van der Waals surface area contributed by atoms with Gasteiger partial charge in [-0.25, -0.2) is 4.79 Å². The van der Waals surface area contributed by atoms with Gasteiger partial charge in [0.2, 0.25) is 0 Å². The molecule has 1 fully saturated rings. The first-order chi connectivity index (χ1) is 25.3. The highest BCUT2D eigenvalue weighted by molar-refractivity contribution is 5.89. The van der Waals surface area contributed by atoms with E-state index in [1.807, 2.05) is 135 Å². The van der Waals surface area contributed by atoms with Crippen molar-refractivity contribution in [3.05, 3.63) is 161 Å². The van der Waals surface area contributed by atoms with Crippen LogP contribution in [0, 0.1) is 5.92 Å². The van der Waals surface area contributed by atoms with Gasteiger partial charge in [0.05, 0.1) is 24.9 Å². The van der Waals surface area contributed by atoms with Crippen LogP contribution >= 0.6 is 0 Å². The molecule has 52 heavy (non-hydrogen) atoms. The fraction of sp³-hybridized carbons (Fsp3) is 0.279. The fourth-order valence-corrected chi connectivity index (χ4v) is 6.33. The Kier molecular flexibility index (Phi) is 12.3. The number of urea groups is 1. The van der Waals surface area contributed by atoms with Gasteiger partial charge in [-0.2, -0.15) is 0 Å². The van der Waals surface area contributed by atoms with Crippen LogP contribution in [0.1, 0.15) is 60.2 Å². The highest BCUT2D eigenvalue weighted by Gasteiger charge is 2.39. The molecule has 1 saturated heterocycles. The zero-order valence-electron chi connectivity index (χ0n) is 29.8. The number of hydrogen-bond acceptors (Lipinski definition) is 7. The number of benzene rings is 5. The Labute approximate surface area is 305 Å². The maximum absolute atomic E-state index is 12.7. The van der Waals surface area contributed by atoms with Gasteiger partial charge in [0.15, 0.2) is 6.29 Å².